The fraction of sp³-hybridized carbons (Fsp3) is 0.217. The zero-order chi connectivity index (χ0) is 22.5. The van der Waals surface area contributed by atoms with E-state index >= 15 is 0 Å². The Labute approximate surface area is 193 Å². The van der Waals surface area contributed by atoms with E-state index in [1.165, 1.54) is 12.1 Å². The zero-order valence-corrected chi connectivity index (χ0v) is 18.3. The average molecular weight is 465 g/mol. The molecule has 0 radical (unpaired) electrons. The lowest BCUT2D eigenvalue weighted by molar-refractivity contribution is 0.174. The molecule has 0 saturated heterocycles. The molecule has 8 nitrogen and oxygen atoms in total. The van der Waals surface area contributed by atoms with Crippen molar-refractivity contribution < 1.29 is 13.9 Å². The Morgan fingerprint density at radius 3 is 2.85 bits per heavy atom. The summed E-state index contributed by atoms with van der Waals surface area (Å²) in [6, 6.07) is 11.7. The maximum atomic E-state index is 13.3. The van der Waals surface area contributed by atoms with Gasteiger partial charge in [-0.1, -0.05) is 23.7 Å². The minimum atomic E-state index is -0.281. The molecule has 0 bridgehead atoms. The molecule has 4 aromatic rings. The number of fused-ring (bicyclic) bond motifs is 5. The Morgan fingerprint density at radius 1 is 1.18 bits per heavy atom. The minimum Gasteiger partial charge on any atom is -0.474 e. The summed E-state index contributed by atoms with van der Waals surface area (Å²) in [4.78, 5) is 9.40. The second kappa shape index (κ2) is 7.79. The van der Waals surface area contributed by atoms with Crippen LogP contribution >= 0.6 is 11.6 Å². The first kappa shape index (κ1) is 20.1. The fourth-order valence-electron chi connectivity index (χ4n) is 4.25. The first-order valence-electron chi connectivity index (χ1n) is 10.4. The van der Waals surface area contributed by atoms with E-state index < -0.39 is 0 Å². The van der Waals surface area contributed by atoms with Gasteiger partial charge in [0.15, 0.2) is 11.6 Å². The summed E-state index contributed by atoms with van der Waals surface area (Å²) >= 11 is 6.31. The molecular weight excluding hydrogens is 447 g/mol. The third kappa shape index (κ3) is 3.32. The standard InChI is InChI=1S/C23H18ClFN6O2/c1-32-11-20-28-29-22-16-8-14(24)4-7-18(16)31-12-26-21(19(31)9-30(20)22)23-27-17(10-33-23)13-2-5-15(25)6-3-13/h2-8,12,17H,9-11H2,1H3. The molecule has 2 aromatic carbocycles. The van der Waals surface area contributed by atoms with Gasteiger partial charge in [0.25, 0.3) is 0 Å². The van der Waals surface area contributed by atoms with Crippen LogP contribution in [-0.4, -0.2) is 43.9 Å². The highest BCUT2D eigenvalue weighted by molar-refractivity contribution is 6.31. The van der Waals surface area contributed by atoms with Crippen molar-refractivity contribution in [3.63, 3.8) is 0 Å². The molecule has 0 fully saturated rings. The Hall–Kier alpha value is -3.56. The van der Waals surface area contributed by atoms with Crippen LogP contribution in [0.4, 0.5) is 4.39 Å². The van der Waals surface area contributed by atoms with Crippen molar-refractivity contribution in [1.29, 1.82) is 0 Å². The quantitative estimate of drug-likeness (QED) is 0.402. The van der Waals surface area contributed by atoms with Gasteiger partial charge in [-0.15, -0.1) is 10.2 Å². The lowest BCUT2D eigenvalue weighted by atomic mass is 10.1. The molecule has 4 heterocycles. The first-order chi connectivity index (χ1) is 16.1. The summed E-state index contributed by atoms with van der Waals surface area (Å²) in [5.74, 6) is 1.57. The van der Waals surface area contributed by atoms with Crippen molar-refractivity contribution in [3.05, 3.63) is 82.4 Å². The number of rotatable bonds is 4. The van der Waals surface area contributed by atoms with Gasteiger partial charge in [-0.25, -0.2) is 14.4 Å². The lowest BCUT2D eigenvalue weighted by Gasteiger charge is -2.09. The van der Waals surface area contributed by atoms with Crippen molar-refractivity contribution in [2.24, 2.45) is 4.99 Å². The van der Waals surface area contributed by atoms with E-state index in [0.29, 0.717) is 48.0 Å². The van der Waals surface area contributed by atoms with Crippen LogP contribution in [0.5, 0.6) is 0 Å². The SMILES string of the molecule is COCc1nnc2n1Cc1c(C3=NC(c4ccc(F)cc4)CO3)ncn1-c1ccc(Cl)cc1-2. The molecule has 33 heavy (non-hydrogen) atoms. The summed E-state index contributed by atoms with van der Waals surface area (Å²) in [6.45, 7) is 1.13. The first-order valence-corrected chi connectivity index (χ1v) is 10.7. The van der Waals surface area contributed by atoms with Crippen LogP contribution in [0.15, 0.2) is 53.8 Å². The number of halogens is 2. The van der Waals surface area contributed by atoms with Gasteiger partial charge in [-0.3, -0.25) is 4.57 Å². The zero-order valence-electron chi connectivity index (χ0n) is 17.6. The summed E-state index contributed by atoms with van der Waals surface area (Å²) in [7, 11) is 1.62. The van der Waals surface area contributed by atoms with Crippen LogP contribution in [0.2, 0.25) is 5.02 Å². The molecule has 6 rings (SSSR count). The molecule has 2 aliphatic heterocycles. The molecule has 1 atom stereocenters. The normalized spacial score (nSPS) is 16.5. The molecule has 0 N–H and O–H groups in total. The highest BCUT2D eigenvalue weighted by atomic mass is 35.5. The highest BCUT2D eigenvalue weighted by Crippen LogP contribution is 2.35. The van der Waals surface area contributed by atoms with E-state index in [1.807, 2.05) is 27.3 Å². The summed E-state index contributed by atoms with van der Waals surface area (Å²) in [6.07, 6.45) is 1.75. The second-order valence-corrected chi connectivity index (χ2v) is 8.28. The molecule has 166 valence electrons. The summed E-state index contributed by atoms with van der Waals surface area (Å²) in [5.41, 5.74) is 4.15. The molecule has 10 heteroatoms. The molecule has 0 saturated carbocycles. The van der Waals surface area contributed by atoms with Gasteiger partial charge in [0.1, 0.15) is 37.1 Å². The Kier molecular flexibility index (Phi) is 4.74. The third-order valence-corrected chi connectivity index (χ3v) is 6.08. The van der Waals surface area contributed by atoms with Crippen LogP contribution in [0.25, 0.3) is 17.1 Å². The number of aromatic nitrogens is 5. The number of methoxy groups -OCH3 is 1. The van der Waals surface area contributed by atoms with E-state index in [1.54, 1.807) is 25.6 Å². The van der Waals surface area contributed by atoms with E-state index in [-0.39, 0.29) is 11.9 Å². The number of ether oxygens (including phenoxy) is 2. The number of aliphatic imine (C=N–C) groups is 1. The molecule has 0 spiro atoms. The topological polar surface area (TPSA) is 79.3 Å². The van der Waals surface area contributed by atoms with Gasteiger partial charge in [0.2, 0.25) is 5.90 Å². The molecule has 0 aliphatic carbocycles. The Balaban J connectivity index is 1.47. The van der Waals surface area contributed by atoms with Crippen LogP contribution in [0.1, 0.15) is 28.8 Å². The molecule has 2 aromatic heterocycles. The fourth-order valence-corrected chi connectivity index (χ4v) is 4.43. The Morgan fingerprint density at radius 2 is 2.03 bits per heavy atom. The molecule has 2 aliphatic rings. The maximum absolute atomic E-state index is 13.3. The monoisotopic (exact) mass is 464 g/mol. The van der Waals surface area contributed by atoms with E-state index in [9.17, 15) is 4.39 Å². The molecular formula is C23H18ClFN6O2. The number of hydrogen-bond donors (Lipinski definition) is 0. The maximum Gasteiger partial charge on any atom is 0.238 e. The van der Waals surface area contributed by atoms with Crippen molar-refractivity contribution in [2.75, 3.05) is 13.7 Å². The third-order valence-electron chi connectivity index (χ3n) is 5.84. The smallest absolute Gasteiger partial charge is 0.238 e. The predicted octanol–water partition coefficient (Wildman–Crippen LogP) is 3.95. The lowest BCUT2D eigenvalue weighted by Crippen LogP contribution is -2.13. The van der Waals surface area contributed by atoms with Gasteiger partial charge < -0.3 is 14.0 Å². The van der Waals surface area contributed by atoms with Gasteiger partial charge >= 0.3 is 0 Å². The van der Waals surface area contributed by atoms with Crippen molar-refractivity contribution >= 4 is 17.5 Å². The van der Waals surface area contributed by atoms with Crippen molar-refractivity contribution in [3.8, 4) is 17.1 Å². The van der Waals surface area contributed by atoms with Gasteiger partial charge in [-0.2, -0.15) is 0 Å². The second-order valence-electron chi connectivity index (χ2n) is 7.84. The predicted molar refractivity (Wildman–Crippen MR) is 119 cm³/mol. The highest BCUT2D eigenvalue weighted by Gasteiger charge is 2.30. The van der Waals surface area contributed by atoms with E-state index in [0.717, 1.165) is 22.5 Å². The summed E-state index contributed by atoms with van der Waals surface area (Å²) < 4.78 is 28.6. The number of imidazole rings is 1. The minimum absolute atomic E-state index is 0.218. The van der Waals surface area contributed by atoms with Crippen molar-refractivity contribution in [1.82, 2.24) is 24.3 Å². The Bertz CT molecular complexity index is 1390. The van der Waals surface area contributed by atoms with Crippen molar-refractivity contribution in [2.45, 2.75) is 19.2 Å². The van der Waals surface area contributed by atoms with E-state index in [2.05, 4.69) is 15.2 Å². The average Bonchev–Trinajstić information content (AvgIpc) is 3.53. The van der Waals surface area contributed by atoms with Gasteiger partial charge in [0.05, 0.1) is 17.9 Å². The van der Waals surface area contributed by atoms with E-state index in [4.69, 9.17) is 26.1 Å². The largest absolute Gasteiger partial charge is 0.474 e. The summed E-state index contributed by atoms with van der Waals surface area (Å²) in [5, 5.41) is 9.34. The molecule has 0 amide bonds. The number of nitrogens with zero attached hydrogens (tertiary/aromatic N) is 6. The van der Waals surface area contributed by atoms with Crippen LogP contribution < -0.4 is 0 Å². The molecule has 1 unspecified atom stereocenters. The number of benzene rings is 2. The van der Waals surface area contributed by atoms with Crippen LogP contribution in [-0.2, 0) is 22.6 Å². The van der Waals surface area contributed by atoms with Gasteiger partial charge in [0, 0.05) is 17.7 Å². The van der Waals surface area contributed by atoms with Gasteiger partial charge in [-0.05, 0) is 35.9 Å². The van der Waals surface area contributed by atoms with Crippen LogP contribution in [0.3, 0.4) is 0 Å². The van der Waals surface area contributed by atoms with Crippen LogP contribution in [0, 0.1) is 5.82 Å². The number of hydrogen-bond acceptors (Lipinski definition) is 6.